The summed E-state index contributed by atoms with van der Waals surface area (Å²) in [5.74, 6) is 0.498. The van der Waals surface area contributed by atoms with E-state index >= 15 is 0 Å². The number of nitrogen functional groups attached to an aromatic ring is 1. The summed E-state index contributed by atoms with van der Waals surface area (Å²) < 4.78 is 0. The summed E-state index contributed by atoms with van der Waals surface area (Å²) in [5.41, 5.74) is 8.59. The molecule has 2 aromatic heterocycles. The number of aryl methyl sites for hydroxylation is 1. The number of rotatable bonds is 1. The monoisotopic (exact) mass is 174 g/mol. The average molecular weight is 174 g/mol. The zero-order chi connectivity index (χ0) is 9.26. The molecule has 0 aliphatic carbocycles. The third-order valence-electron chi connectivity index (χ3n) is 1.93. The van der Waals surface area contributed by atoms with Crippen LogP contribution < -0.4 is 5.73 Å². The molecular weight excluding hydrogens is 164 g/mol. The average Bonchev–Trinajstić information content (AvgIpc) is 2.53. The van der Waals surface area contributed by atoms with E-state index in [0.717, 1.165) is 16.8 Å². The maximum atomic E-state index is 5.50. The largest absolute Gasteiger partial charge is 0.382 e. The molecule has 0 bridgehead atoms. The van der Waals surface area contributed by atoms with Gasteiger partial charge in [0.1, 0.15) is 5.82 Å². The smallest absolute Gasteiger partial charge is 0.145 e. The molecule has 0 saturated carbocycles. The molecule has 0 aliphatic rings. The Balaban J connectivity index is 2.52. The van der Waals surface area contributed by atoms with Crippen LogP contribution in [0.15, 0.2) is 24.5 Å². The molecule has 4 nitrogen and oxygen atoms in total. The summed E-state index contributed by atoms with van der Waals surface area (Å²) >= 11 is 0. The van der Waals surface area contributed by atoms with Gasteiger partial charge in [-0.3, -0.25) is 10.1 Å². The van der Waals surface area contributed by atoms with Crippen molar-refractivity contribution in [2.75, 3.05) is 5.73 Å². The van der Waals surface area contributed by atoms with Crippen LogP contribution in [-0.2, 0) is 0 Å². The van der Waals surface area contributed by atoms with Crippen LogP contribution in [0.3, 0.4) is 0 Å². The number of aromatic amines is 1. The van der Waals surface area contributed by atoms with Crippen LogP contribution in [0.25, 0.3) is 11.3 Å². The Morgan fingerprint density at radius 1 is 1.46 bits per heavy atom. The Kier molecular flexibility index (Phi) is 1.73. The van der Waals surface area contributed by atoms with E-state index in [4.69, 9.17) is 5.73 Å². The van der Waals surface area contributed by atoms with Crippen LogP contribution in [0, 0.1) is 6.92 Å². The van der Waals surface area contributed by atoms with Crippen molar-refractivity contribution in [1.82, 2.24) is 15.2 Å². The highest BCUT2D eigenvalue weighted by Crippen LogP contribution is 2.20. The molecule has 0 fully saturated rings. The maximum Gasteiger partial charge on any atom is 0.145 e. The molecule has 66 valence electrons. The number of nitrogens with zero attached hydrogens (tertiary/aromatic N) is 2. The third kappa shape index (κ3) is 1.38. The zero-order valence-corrected chi connectivity index (χ0v) is 7.28. The molecule has 3 N–H and O–H groups in total. The molecule has 4 heteroatoms. The number of nitrogens with one attached hydrogen (secondary N) is 1. The van der Waals surface area contributed by atoms with Gasteiger partial charge in [0.15, 0.2) is 0 Å². The van der Waals surface area contributed by atoms with Gasteiger partial charge in [0.05, 0.1) is 5.69 Å². The Labute approximate surface area is 75.8 Å². The standard InChI is InChI=1S/C9H10N4/c1-6-2-3-11-5-7(6)8-4-9(10)13-12-8/h2-5H,1H3,(H3,10,12,13). The highest BCUT2D eigenvalue weighted by Gasteiger charge is 2.03. The minimum Gasteiger partial charge on any atom is -0.382 e. The Morgan fingerprint density at radius 2 is 2.31 bits per heavy atom. The second-order valence-electron chi connectivity index (χ2n) is 2.90. The van der Waals surface area contributed by atoms with Crippen LogP contribution in [0.1, 0.15) is 5.56 Å². The first kappa shape index (κ1) is 7.79. The topological polar surface area (TPSA) is 67.6 Å². The number of hydrogen-bond acceptors (Lipinski definition) is 3. The van der Waals surface area contributed by atoms with Crippen LogP contribution in [0.2, 0.25) is 0 Å². The number of nitrogens with two attached hydrogens (primary N) is 1. The molecule has 13 heavy (non-hydrogen) atoms. The van der Waals surface area contributed by atoms with E-state index in [1.807, 2.05) is 13.0 Å². The second-order valence-corrected chi connectivity index (χ2v) is 2.90. The predicted octanol–water partition coefficient (Wildman–Crippen LogP) is 1.36. The lowest BCUT2D eigenvalue weighted by Gasteiger charge is -1.99. The van der Waals surface area contributed by atoms with Crippen molar-refractivity contribution in [3.8, 4) is 11.3 Å². The van der Waals surface area contributed by atoms with Crippen LogP contribution in [0.5, 0.6) is 0 Å². The van der Waals surface area contributed by atoms with Crippen molar-refractivity contribution in [3.63, 3.8) is 0 Å². The molecular formula is C9H10N4. The van der Waals surface area contributed by atoms with E-state index in [-0.39, 0.29) is 0 Å². The minimum atomic E-state index is 0.498. The van der Waals surface area contributed by atoms with Crippen LogP contribution >= 0.6 is 0 Å². The van der Waals surface area contributed by atoms with Crippen molar-refractivity contribution < 1.29 is 0 Å². The molecule has 0 radical (unpaired) electrons. The molecule has 0 spiro atoms. The van der Waals surface area contributed by atoms with E-state index in [9.17, 15) is 0 Å². The van der Waals surface area contributed by atoms with Gasteiger partial charge >= 0.3 is 0 Å². The molecule has 0 atom stereocenters. The zero-order valence-electron chi connectivity index (χ0n) is 7.28. The Morgan fingerprint density at radius 3 is 2.92 bits per heavy atom. The lowest BCUT2D eigenvalue weighted by atomic mass is 10.1. The van der Waals surface area contributed by atoms with E-state index in [2.05, 4.69) is 15.2 Å². The van der Waals surface area contributed by atoms with E-state index < -0.39 is 0 Å². The number of pyridine rings is 1. The highest BCUT2D eigenvalue weighted by molar-refractivity contribution is 5.64. The quantitative estimate of drug-likeness (QED) is 0.686. The molecule has 0 aliphatic heterocycles. The van der Waals surface area contributed by atoms with Gasteiger partial charge in [-0.1, -0.05) is 0 Å². The molecule has 0 unspecified atom stereocenters. The molecule has 2 rings (SSSR count). The van der Waals surface area contributed by atoms with Gasteiger partial charge in [0.25, 0.3) is 0 Å². The van der Waals surface area contributed by atoms with Gasteiger partial charge in [-0.15, -0.1) is 0 Å². The van der Waals surface area contributed by atoms with Gasteiger partial charge in [-0.25, -0.2) is 0 Å². The Bertz CT molecular complexity index is 419. The molecule has 0 saturated heterocycles. The lowest BCUT2D eigenvalue weighted by Crippen LogP contribution is -1.84. The van der Waals surface area contributed by atoms with Crippen molar-refractivity contribution >= 4 is 5.82 Å². The summed E-state index contributed by atoms with van der Waals surface area (Å²) in [6.07, 6.45) is 3.56. The summed E-state index contributed by atoms with van der Waals surface area (Å²) in [7, 11) is 0. The fraction of sp³-hybridized carbons (Fsp3) is 0.111. The number of anilines is 1. The SMILES string of the molecule is Cc1ccncc1-c1cc(N)n[nH]1. The molecule has 0 aromatic carbocycles. The second kappa shape index (κ2) is 2.90. The molecule has 2 aromatic rings. The van der Waals surface area contributed by atoms with Gasteiger partial charge in [0.2, 0.25) is 0 Å². The van der Waals surface area contributed by atoms with Gasteiger partial charge in [-0.05, 0) is 18.6 Å². The summed E-state index contributed by atoms with van der Waals surface area (Å²) in [5, 5.41) is 6.71. The summed E-state index contributed by atoms with van der Waals surface area (Å²) in [4.78, 5) is 4.04. The first-order valence-electron chi connectivity index (χ1n) is 3.99. The van der Waals surface area contributed by atoms with E-state index in [0.29, 0.717) is 5.82 Å². The van der Waals surface area contributed by atoms with Crippen molar-refractivity contribution in [2.45, 2.75) is 6.92 Å². The van der Waals surface area contributed by atoms with Crippen LogP contribution in [0.4, 0.5) is 5.82 Å². The van der Waals surface area contributed by atoms with Crippen LogP contribution in [-0.4, -0.2) is 15.2 Å². The van der Waals surface area contributed by atoms with E-state index in [1.165, 1.54) is 0 Å². The fourth-order valence-corrected chi connectivity index (χ4v) is 1.22. The first-order chi connectivity index (χ1) is 6.27. The number of aromatic nitrogens is 3. The molecule has 0 amide bonds. The number of H-pyrrole nitrogens is 1. The van der Waals surface area contributed by atoms with Crippen molar-refractivity contribution in [1.29, 1.82) is 0 Å². The predicted molar refractivity (Wildman–Crippen MR) is 51.0 cm³/mol. The van der Waals surface area contributed by atoms with Gasteiger partial charge in [0, 0.05) is 24.0 Å². The Hall–Kier alpha value is -1.84. The van der Waals surface area contributed by atoms with Crippen molar-refractivity contribution in [2.24, 2.45) is 0 Å². The molecule has 2 heterocycles. The fourth-order valence-electron chi connectivity index (χ4n) is 1.22. The first-order valence-corrected chi connectivity index (χ1v) is 3.99. The van der Waals surface area contributed by atoms with Gasteiger partial charge in [-0.2, -0.15) is 5.10 Å². The lowest BCUT2D eigenvalue weighted by molar-refractivity contribution is 1.10. The third-order valence-corrected chi connectivity index (χ3v) is 1.93. The summed E-state index contributed by atoms with van der Waals surface area (Å²) in [6, 6.07) is 3.75. The summed E-state index contributed by atoms with van der Waals surface area (Å²) in [6.45, 7) is 2.02. The normalized spacial score (nSPS) is 10.2. The van der Waals surface area contributed by atoms with E-state index in [1.54, 1.807) is 18.5 Å². The van der Waals surface area contributed by atoms with Crippen molar-refractivity contribution in [3.05, 3.63) is 30.1 Å². The maximum absolute atomic E-state index is 5.50. The number of hydrogen-bond donors (Lipinski definition) is 2. The highest BCUT2D eigenvalue weighted by atomic mass is 15.2. The minimum absolute atomic E-state index is 0.498. The van der Waals surface area contributed by atoms with Gasteiger partial charge < -0.3 is 5.73 Å².